The van der Waals surface area contributed by atoms with E-state index in [1.807, 2.05) is 0 Å². The summed E-state index contributed by atoms with van der Waals surface area (Å²) in [5.41, 5.74) is 0.116. The van der Waals surface area contributed by atoms with Gasteiger partial charge in [-0.3, -0.25) is 0 Å². The minimum absolute atomic E-state index is 0.267. The molecule has 2 unspecified atom stereocenters. The summed E-state index contributed by atoms with van der Waals surface area (Å²) in [5.74, 6) is 0.996. The smallest absolute Gasteiger partial charge is 0.382 e. The van der Waals surface area contributed by atoms with Gasteiger partial charge in [-0.05, 0) is 43.0 Å². The van der Waals surface area contributed by atoms with Gasteiger partial charge in [0.15, 0.2) is 0 Å². The van der Waals surface area contributed by atoms with Crippen molar-refractivity contribution in [3.8, 4) is 0 Å². The van der Waals surface area contributed by atoms with Crippen LogP contribution >= 0.6 is 11.6 Å². The fraction of sp³-hybridized carbons (Fsp3) is 0.571. The SMILES string of the molecule is FC(F)(F)c1ccc(NC2CCCCC2CCl)cc1. The number of nitrogens with one attached hydrogen (secondary N) is 1. The summed E-state index contributed by atoms with van der Waals surface area (Å²) in [7, 11) is 0. The number of alkyl halides is 4. The van der Waals surface area contributed by atoms with Gasteiger partial charge >= 0.3 is 6.18 Å². The van der Waals surface area contributed by atoms with E-state index >= 15 is 0 Å². The van der Waals surface area contributed by atoms with Crippen LogP contribution in [0.5, 0.6) is 0 Å². The molecular weight excluding hydrogens is 275 g/mol. The van der Waals surface area contributed by atoms with E-state index in [0.29, 0.717) is 11.8 Å². The standard InChI is InChI=1S/C14H17ClF3N/c15-9-10-3-1-2-4-13(10)19-12-7-5-11(6-8-12)14(16,17)18/h5-8,10,13,19H,1-4,9H2. The Morgan fingerprint density at radius 1 is 1.11 bits per heavy atom. The zero-order valence-corrected chi connectivity index (χ0v) is 11.3. The highest BCUT2D eigenvalue weighted by Crippen LogP contribution is 2.31. The van der Waals surface area contributed by atoms with Crippen LogP contribution in [0.2, 0.25) is 0 Å². The summed E-state index contributed by atoms with van der Waals surface area (Å²) < 4.78 is 37.4. The van der Waals surface area contributed by atoms with Gasteiger partial charge in [0.25, 0.3) is 0 Å². The van der Waals surface area contributed by atoms with E-state index in [2.05, 4.69) is 5.32 Å². The highest BCUT2D eigenvalue weighted by atomic mass is 35.5. The first-order chi connectivity index (χ1) is 9.00. The van der Waals surface area contributed by atoms with Gasteiger partial charge in [-0.1, -0.05) is 12.8 Å². The van der Waals surface area contributed by atoms with E-state index in [0.717, 1.165) is 37.1 Å². The fourth-order valence-corrected chi connectivity index (χ4v) is 2.92. The molecule has 106 valence electrons. The second kappa shape index (κ2) is 6.04. The van der Waals surface area contributed by atoms with Crippen LogP contribution in [0.25, 0.3) is 0 Å². The van der Waals surface area contributed by atoms with Crippen molar-refractivity contribution in [1.82, 2.24) is 0 Å². The van der Waals surface area contributed by atoms with Gasteiger partial charge in [-0.2, -0.15) is 13.2 Å². The molecule has 1 aliphatic carbocycles. The highest BCUT2D eigenvalue weighted by Gasteiger charge is 2.30. The monoisotopic (exact) mass is 291 g/mol. The molecule has 19 heavy (non-hydrogen) atoms. The first kappa shape index (κ1) is 14.5. The van der Waals surface area contributed by atoms with Crippen molar-refractivity contribution in [2.45, 2.75) is 37.9 Å². The van der Waals surface area contributed by atoms with Crippen LogP contribution in [-0.4, -0.2) is 11.9 Å². The molecule has 0 bridgehead atoms. The molecule has 0 radical (unpaired) electrons. The maximum absolute atomic E-state index is 12.5. The predicted molar refractivity (Wildman–Crippen MR) is 71.5 cm³/mol. The van der Waals surface area contributed by atoms with E-state index in [9.17, 15) is 13.2 Å². The zero-order valence-electron chi connectivity index (χ0n) is 10.5. The van der Waals surface area contributed by atoms with Crippen LogP contribution in [0.15, 0.2) is 24.3 Å². The molecule has 0 amide bonds. The van der Waals surface area contributed by atoms with Crippen molar-refractivity contribution in [1.29, 1.82) is 0 Å². The molecule has 2 rings (SSSR count). The molecule has 1 aromatic rings. The summed E-state index contributed by atoms with van der Waals surface area (Å²) in [6.07, 6.45) is 0.163. The lowest BCUT2D eigenvalue weighted by Gasteiger charge is -2.31. The van der Waals surface area contributed by atoms with Crippen molar-refractivity contribution >= 4 is 17.3 Å². The molecule has 0 saturated heterocycles. The van der Waals surface area contributed by atoms with Crippen LogP contribution in [0.3, 0.4) is 0 Å². The van der Waals surface area contributed by atoms with E-state index < -0.39 is 11.7 Å². The first-order valence-corrected chi connectivity index (χ1v) is 7.04. The molecule has 1 nitrogen and oxygen atoms in total. The molecule has 0 aromatic heterocycles. The average molecular weight is 292 g/mol. The third kappa shape index (κ3) is 3.78. The Labute approximate surface area is 116 Å². The molecule has 5 heteroatoms. The Bertz CT molecular complexity index is 402. The Hall–Kier alpha value is -0.900. The van der Waals surface area contributed by atoms with E-state index in [-0.39, 0.29) is 6.04 Å². The van der Waals surface area contributed by atoms with Crippen molar-refractivity contribution in [3.05, 3.63) is 29.8 Å². The van der Waals surface area contributed by atoms with Crippen LogP contribution in [0.1, 0.15) is 31.2 Å². The number of rotatable bonds is 3. The molecule has 0 spiro atoms. The van der Waals surface area contributed by atoms with Crippen molar-refractivity contribution in [2.24, 2.45) is 5.92 Å². The number of hydrogen-bond acceptors (Lipinski definition) is 1. The molecule has 1 saturated carbocycles. The van der Waals surface area contributed by atoms with Gasteiger partial charge in [0, 0.05) is 17.6 Å². The number of halogens is 4. The Morgan fingerprint density at radius 2 is 1.74 bits per heavy atom. The van der Waals surface area contributed by atoms with Gasteiger partial charge in [0.05, 0.1) is 5.56 Å². The van der Waals surface area contributed by atoms with Crippen molar-refractivity contribution in [3.63, 3.8) is 0 Å². The third-order valence-electron chi connectivity index (χ3n) is 3.67. The van der Waals surface area contributed by atoms with Gasteiger partial charge < -0.3 is 5.32 Å². The lowest BCUT2D eigenvalue weighted by Crippen LogP contribution is -2.33. The first-order valence-electron chi connectivity index (χ1n) is 6.50. The summed E-state index contributed by atoms with van der Waals surface area (Å²) in [4.78, 5) is 0. The Morgan fingerprint density at radius 3 is 2.32 bits per heavy atom. The van der Waals surface area contributed by atoms with Crippen LogP contribution in [0, 0.1) is 5.92 Å². The van der Waals surface area contributed by atoms with Crippen LogP contribution < -0.4 is 5.32 Å². The lowest BCUT2D eigenvalue weighted by molar-refractivity contribution is -0.137. The van der Waals surface area contributed by atoms with Gasteiger partial charge in [0.1, 0.15) is 0 Å². The minimum Gasteiger partial charge on any atom is -0.382 e. The molecule has 0 heterocycles. The van der Waals surface area contributed by atoms with Gasteiger partial charge in [-0.15, -0.1) is 11.6 Å². The topological polar surface area (TPSA) is 12.0 Å². The summed E-state index contributed by atoms with van der Waals surface area (Å²) in [6, 6.07) is 5.47. The van der Waals surface area contributed by atoms with E-state index in [4.69, 9.17) is 11.6 Å². The Balaban J connectivity index is 2.02. The molecule has 2 atom stereocenters. The molecule has 1 N–H and O–H groups in total. The third-order valence-corrected chi connectivity index (χ3v) is 4.07. The fourth-order valence-electron chi connectivity index (χ4n) is 2.55. The zero-order chi connectivity index (χ0) is 13.9. The number of anilines is 1. The number of benzene rings is 1. The maximum atomic E-state index is 12.5. The van der Waals surface area contributed by atoms with Crippen LogP contribution in [0.4, 0.5) is 18.9 Å². The molecule has 1 fully saturated rings. The van der Waals surface area contributed by atoms with Crippen molar-refractivity contribution < 1.29 is 13.2 Å². The predicted octanol–water partition coefficient (Wildman–Crippen LogP) is 4.91. The van der Waals surface area contributed by atoms with E-state index in [1.54, 1.807) is 0 Å². The second-order valence-electron chi connectivity index (χ2n) is 5.02. The van der Waals surface area contributed by atoms with Crippen LogP contribution in [-0.2, 0) is 6.18 Å². The quantitative estimate of drug-likeness (QED) is 0.780. The molecule has 1 aromatic carbocycles. The second-order valence-corrected chi connectivity index (χ2v) is 5.33. The average Bonchev–Trinajstić information content (AvgIpc) is 2.39. The maximum Gasteiger partial charge on any atom is 0.416 e. The summed E-state index contributed by atoms with van der Waals surface area (Å²) in [6.45, 7) is 0. The summed E-state index contributed by atoms with van der Waals surface area (Å²) in [5, 5.41) is 3.31. The van der Waals surface area contributed by atoms with E-state index in [1.165, 1.54) is 18.6 Å². The highest BCUT2D eigenvalue weighted by molar-refractivity contribution is 6.18. The number of hydrogen-bond donors (Lipinski definition) is 1. The largest absolute Gasteiger partial charge is 0.416 e. The minimum atomic E-state index is -4.28. The summed E-state index contributed by atoms with van der Waals surface area (Å²) >= 11 is 5.94. The normalized spacial score (nSPS) is 24.2. The molecule has 1 aliphatic rings. The van der Waals surface area contributed by atoms with Crippen molar-refractivity contribution in [2.75, 3.05) is 11.2 Å². The molecule has 0 aliphatic heterocycles. The van der Waals surface area contributed by atoms with Gasteiger partial charge in [0.2, 0.25) is 0 Å². The van der Waals surface area contributed by atoms with Gasteiger partial charge in [-0.25, -0.2) is 0 Å². The lowest BCUT2D eigenvalue weighted by atomic mass is 9.85. The molecular formula is C14H17ClF3N. The Kier molecular flexibility index (Phi) is 4.61.